The largest absolute Gasteiger partial charge is 0.394 e. The van der Waals surface area contributed by atoms with Gasteiger partial charge in [-0.15, -0.1) is 0 Å². The zero-order valence-corrected chi connectivity index (χ0v) is 13.6. The molecule has 0 saturated carbocycles. The van der Waals surface area contributed by atoms with Crippen LogP contribution in [0.4, 0.5) is 0 Å². The number of aliphatic hydroxyl groups excluding tert-OH is 1. The van der Waals surface area contributed by atoms with E-state index in [0.29, 0.717) is 13.0 Å². The monoisotopic (exact) mass is 303 g/mol. The Bertz CT molecular complexity index is 536. The van der Waals surface area contributed by atoms with Gasteiger partial charge >= 0.3 is 0 Å². The van der Waals surface area contributed by atoms with Gasteiger partial charge < -0.3 is 14.7 Å². The molecule has 0 bridgehead atoms. The van der Waals surface area contributed by atoms with Gasteiger partial charge in [0.25, 0.3) is 0 Å². The Kier molecular flexibility index (Phi) is 5.75. The van der Waals surface area contributed by atoms with E-state index >= 15 is 0 Å². The molecule has 1 saturated heterocycles. The van der Waals surface area contributed by atoms with Gasteiger partial charge in [0.1, 0.15) is 0 Å². The van der Waals surface area contributed by atoms with E-state index in [4.69, 9.17) is 4.74 Å². The first-order chi connectivity index (χ1) is 10.6. The number of aliphatic hydroxyl groups is 1. The maximum atomic E-state index is 12.6. The highest BCUT2D eigenvalue weighted by atomic mass is 16.5. The lowest BCUT2D eigenvalue weighted by Gasteiger charge is -2.21. The van der Waals surface area contributed by atoms with E-state index in [1.54, 1.807) is 18.1 Å². The van der Waals surface area contributed by atoms with Crippen molar-refractivity contribution in [2.45, 2.75) is 38.8 Å². The Morgan fingerprint density at radius 1 is 1.41 bits per heavy atom. The minimum absolute atomic E-state index is 0.0129. The molecule has 2 rings (SSSR count). The van der Waals surface area contributed by atoms with Crippen LogP contribution in [0.3, 0.4) is 0 Å². The molecular weight excluding hydrogens is 278 g/mol. The molecule has 1 heterocycles. The maximum Gasteiger partial charge on any atom is 0.247 e. The second-order valence-electron chi connectivity index (χ2n) is 5.81. The van der Waals surface area contributed by atoms with Crippen molar-refractivity contribution in [3.05, 3.63) is 41.5 Å². The topological polar surface area (TPSA) is 49.8 Å². The summed E-state index contributed by atoms with van der Waals surface area (Å²) in [6.45, 7) is 4.61. The molecule has 120 valence electrons. The molecule has 1 N–H and O–H groups in total. The van der Waals surface area contributed by atoms with E-state index < -0.39 is 0 Å². The molecule has 0 radical (unpaired) electrons. The van der Waals surface area contributed by atoms with Gasteiger partial charge in [0.2, 0.25) is 5.91 Å². The zero-order chi connectivity index (χ0) is 16.1. The van der Waals surface area contributed by atoms with E-state index in [1.165, 1.54) is 5.56 Å². The fourth-order valence-electron chi connectivity index (χ4n) is 2.88. The second kappa shape index (κ2) is 7.56. The number of carbonyl (C=O) groups is 1. The summed E-state index contributed by atoms with van der Waals surface area (Å²) in [6.07, 6.45) is 3.20. The number of nitrogens with zero attached hydrogens (tertiary/aromatic N) is 1. The molecule has 1 fully saturated rings. The molecule has 22 heavy (non-hydrogen) atoms. The Balaban J connectivity index is 2.18. The lowest BCUT2D eigenvalue weighted by molar-refractivity contribution is -0.127. The van der Waals surface area contributed by atoms with Crippen molar-refractivity contribution in [2.24, 2.45) is 0 Å². The van der Waals surface area contributed by atoms with E-state index in [-0.39, 0.29) is 24.7 Å². The smallest absolute Gasteiger partial charge is 0.247 e. The van der Waals surface area contributed by atoms with Gasteiger partial charge in [-0.2, -0.15) is 0 Å². The number of ether oxygens (including phenoxy) is 1. The summed E-state index contributed by atoms with van der Waals surface area (Å²) in [6, 6.07) is 8.05. The first-order valence-corrected chi connectivity index (χ1v) is 7.80. The number of benzene rings is 1. The maximum absolute atomic E-state index is 12.6. The number of aryl methyl sites for hydroxylation is 1. The summed E-state index contributed by atoms with van der Waals surface area (Å²) in [7, 11) is 1.65. The predicted octanol–water partition coefficient (Wildman–Crippen LogP) is 2.40. The number of hydrogen-bond donors (Lipinski definition) is 1. The Hall–Kier alpha value is -1.65. The standard InChI is InChI=1S/C18H25NO3/c1-4-14(15-7-5-13(2)6-8-15)9-18(21)19-11-17(22-3)10-16(19)12-20/h5-9,16-17,20H,4,10-12H2,1-3H3/b14-9+/t16-,17-/m0/s1. The van der Waals surface area contributed by atoms with Gasteiger partial charge in [-0.1, -0.05) is 36.8 Å². The van der Waals surface area contributed by atoms with Gasteiger partial charge in [0, 0.05) is 19.7 Å². The van der Waals surface area contributed by atoms with Crippen LogP contribution < -0.4 is 0 Å². The van der Waals surface area contributed by atoms with Gasteiger partial charge in [0.05, 0.1) is 18.8 Å². The van der Waals surface area contributed by atoms with Gasteiger partial charge in [0.15, 0.2) is 0 Å². The van der Waals surface area contributed by atoms with Crippen molar-refractivity contribution in [1.82, 2.24) is 4.90 Å². The van der Waals surface area contributed by atoms with Crippen molar-refractivity contribution < 1.29 is 14.6 Å². The molecule has 2 atom stereocenters. The molecule has 1 aliphatic heterocycles. The number of amides is 1. The van der Waals surface area contributed by atoms with Crippen LogP contribution in [-0.4, -0.2) is 48.3 Å². The Labute approximate surface area is 132 Å². The van der Waals surface area contributed by atoms with Crippen molar-refractivity contribution >= 4 is 11.5 Å². The van der Waals surface area contributed by atoms with Gasteiger partial charge in [-0.05, 0) is 30.9 Å². The van der Waals surface area contributed by atoms with Gasteiger partial charge in [-0.25, -0.2) is 0 Å². The SMILES string of the molecule is CC/C(=C\C(=O)N1C[C@@H](OC)C[C@H]1CO)c1ccc(C)cc1. The average molecular weight is 303 g/mol. The van der Waals surface area contributed by atoms with Crippen LogP contribution in [0.5, 0.6) is 0 Å². The summed E-state index contributed by atoms with van der Waals surface area (Å²) in [5.74, 6) is -0.0453. The molecule has 1 aromatic rings. The average Bonchev–Trinajstić information content (AvgIpc) is 2.97. The fraction of sp³-hybridized carbons (Fsp3) is 0.500. The quantitative estimate of drug-likeness (QED) is 0.850. The molecule has 4 nitrogen and oxygen atoms in total. The summed E-state index contributed by atoms with van der Waals surface area (Å²) in [5.41, 5.74) is 3.29. The third kappa shape index (κ3) is 3.76. The lowest BCUT2D eigenvalue weighted by atomic mass is 10.0. The van der Waals surface area contributed by atoms with E-state index in [0.717, 1.165) is 17.6 Å². The zero-order valence-electron chi connectivity index (χ0n) is 13.6. The minimum atomic E-state index is -0.148. The lowest BCUT2D eigenvalue weighted by Crippen LogP contribution is -2.37. The molecule has 1 aromatic carbocycles. The number of likely N-dealkylation sites (tertiary alicyclic amines) is 1. The summed E-state index contributed by atoms with van der Waals surface area (Å²) < 4.78 is 5.33. The Morgan fingerprint density at radius 2 is 2.09 bits per heavy atom. The number of carbonyl (C=O) groups excluding carboxylic acids is 1. The predicted molar refractivity (Wildman–Crippen MR) is 87.4 cm³/mol. The molecule has 0 aromatic heterocycles. The first kappa shape index (κ1) is 16.7. The van der Waals surface area contributed by atoms with Gasteiger partial charge in [-0.3, -0.25) is 4.79 Å². The fourth-order valence-corrected chi connectivity index (χ4v) is 2.88. The van der Waals surface area contributed by atoms with Crippen LogP contribution in [0, 0.1) is 6.92 Å². The summed E-state index contributed by atoms with van der Waals surface area (Å²) >= 11 is 0. The summed E-state index contributed by atoms with van der Waals surface area (Å²) in [5, 5.41) is 9.47. The highest BCUT2D eigenvalue weighted by molar-refractivity contribution is 5.95. The Morgan fingerprint density at radius 3 is 2.64 bits per heavy atom. The van der Waals surface area contributed by atoms with Crippen molar-refractivity contribution in [3.8, 4) is 0 Å². The van der Waals surface area contributed by atoms with Crippen LogP contribution in [-0.2, 0) is 9.53 Å². The van der Waals surface area contributed by atoms with Crippen LogP contribution >= 0.6 is 0 Å². The second-order valence-corrected chi connectivity index (χ2v) is 5.81. The number of rotatable bonds is 5. The number of methoxy groups -OCH3 is 1. The van der Waals surface area contributed by atoms with Crippen LogP contribution in [0.1, 0.15) is 30.9 Å². The van der Waals surface area contributed by atoms with Crippen molar-refractivity contribution in [2.75, 3.05) is 20.3 Å². The van der Waals surface area contributed by atoms with Crippen LogP contribution in [0.15, 0.2) is 30.3 Å². The molecule has 4 heteroatoms. The molecule has 1 aliphatic rings. The van der Waals surface area contributed by atoms with Crippen LogP contribution in [0.25, 0.3) is 5.57 Å². The van der Waals surface area contributed by atoms with E-state index in [2.05, 4.69) is 12.1 Å². The van der Waals surface area contributed by atoms with Crippen molar-refractivity contribution in [3.63, 3.8) is 0 Å². The minimum Gasteiger partial charge on any atom is -0.394 e. The normalized spacial score (nSPS) is 22.2. The molecule has 0 spiro atoms. The van der Waals surface area contributed by atoms with E-state index in [1.807, 2.05) is 26.0 Å². The third-order valence-corrected chi connectivity index (χ3v) is 4.30. The summed E-state index contributed by atoms with van der Waals surface area (Å²) in [4.78, 5) is 14.3. The number of hydrogen-bond acceptors (Lipinski definition) is 3. The molecule has 0 aliphatic carbocycles. The van der Waals surface area contributed by atoms with Crippen LogP contribution in [0.2, 0.25) is 0 Å². The highest BCUT2D eigenvalue weighted by Gasteiger charge is 2.34. The first-order valence-electron chi connectivity index (χ1n) is 7.80. The van der Waals surface area contributed by atoms with E-state index in [9.17, 15) is 9.90 Å². The third-order valence-electron chi connectivity index (χ3n) is 4.30. The number of allylic oxidation sites excluding steroid dienone is 1. The highest BCUT2D eigenvalue weighted by Crippen LogP contribution is 2.23. The molecular formula is C18H25NO3. The molecule has 0 unspecified atom stereocenters. The molecule has 1 amide bonds. The van der Waals surface area contributed by atoms with Crippen molar-refractivity contribution in [1.29, 1.82) is 0 Å².